The highest BCUT2D eigenvalue weighted by molar-refractivity contribution is 9.10. The summed E-state index contributed by atoms with van der Waals surface area (Å²) >= 11 is 3.40. The third-order valence-corrected chi connectivity index (χ3v) is 3.11. The highest BCUT2D eigenvalue weighted by atomic mass is 79.9. The second kappa shape index (κ2) is 6.33. The molecule has 0 aliphatic carbocycles. The normalized spacial score (nSPS) is 10.0. The van der Waals surface area contributed by atoms with Gasteiger partial charge in [-0.05, 0) is 29.8 Å². The van der Waals surface area contributed by atoms with Crippen molar-refractivity contribution in [3.8, 4) is 0 Å². The molecule has 0 radical (unpaired) electrons. The summed E-state index contributed by atoms with van der Waals surface area (Å²) in [6, 6.07) is 11.3. The topological polar surface area (TPSA) is 54.0 Å². The largest absolute Gasteiger partial charge is 0.373 e. The molecule has 0 atom stereocenters. The van der Waals surface area contributed by atoms with E-state index in [0.29, 0.717) is 17.9 Å². The monoisotopic (exact) mass is 319 g/mol. The lowest BCUT2D eigenvalue weighted by molar-refractivity contribution is 0.0951. The van der Waals surface area contributed by atoms with E-state index in [1.165, 1.54) is 0 Å². The molecule has 19 heavy (non-hydrogen) atoms. The highest BCUT2D eigenvalue weighted by Gasteiger charge is 2.06. The average Bonchev–Trinajstić information content (AvgIpc) is 2.45. The number of benzene rings is 1. The fourth-order valence-corrected chi connectivity index (χ4v) is 2.09. The van der Waals surface area contributed by atoms with Crippen LogP contribution in [0.1, 0.15) is 15.9 Å². The third kappa shape index (κ3) is 3.79. The molecule has 1 aromatic carbocycles. The molecule has 0 fully saturated rings. The summed E-state index contributed by atoms with van der Waals surface area (Å²) in [5.41, 5.74) is 1.64. The van der Waals surface area contributed by atoms with Crippen molar-refractivity contribution in [2.45, 2.75) is 6.54 Å². The first-order chi connectivity index (χ1) is 9.19. The van der Waals surface area contributed by atoms with Gasteiger partial charge >= 0.3 is 0 Å². The summed E-state index contributed by atoms with van der Waals surface area (Å²) in [5, 5.41) is 5.78. The van der Waals surface area contributed by atoms with Crippen LogP contribution >= 0.6 is 15.9 Å². The number of halogens is 1. The van der Waals surface area contributed by atoms with Gasteiger partial charge in [0.2, 0.25) is 0 Å². The van der Waals surface area contributed by atoms with Crippen molar-refractivity contribution in [1.29, 1.82) is 0 Å². The molecule has 0 bridgehead atoms. The number of hydrogen-bond acceptors (Lipinski definition) is 3. The predicted octanol–water partition coefficient (Wildman–Crippen LogP) is 2.82. The van der Waals surface area contributed by atoms with Gasteiger partial charge in [-0.1, -0.05) is 28.1 Å². The molecule has 0 saturated carbocycles. The molecule has 1 heterocycles. The molecule has 98 valence electrons. The van der Waals surface area contributed by atoms with Crippen molar-refractivity contribution in [3.63, 3.8) is 0 Å². The lowest BCUT2D eigenvalue weighted by atomic mass is 10.2. The molecule has 1 aromatic heterocycles. The molecule has 0 aliphatic rings. The standard InChI is InChI=1S/C14H14BrN3O/c1-16-13-8-11(5-6-17-13)14(19)18-9-10-3-2-4-12(15)7-10/h2-8H,9H2,1H3,(H,16,17)(H,18,19). The minimum absolute atomic E-state index is 0.112. The van der Waals surface area contributed by atoms with Crippen LogP contribution in [0.25, 0.3) is 0 Å². The molecule has 0 spiro atoms. The van der Waals surface area contributed by atoms with Crippen LogP contribution in [0.15, 0.2) is 47.1 Å². The van der Waals surface area contributed by atoms with Gasteiger partial charge in [0.05, 0.1) is 0 Å². The van der Waals surface area contributed by atoms with Crippen molar-refractivity contribution in [1.82, 2.24) is 10.3 Å². The van der Waals surface area contributed by atoms with E-state index < -0.39 is 0 Å². The molecule has 1 amide bonds. The van der Waals surface area contributed by atoms with E-state index in [9.17, 15) is 4.79 Å². The number of nitrogens with one attached hydrogen (secondary N) is 2. The lowest BCUT2D eigenvalue weighted by Gasteiger charge is -2.07. The predicted molar refractivity (Wildman–Crippen MR) is 79.1 cm³/mol. The smallest absolute Gasteiger partial charge is 0.251 e. The second-order valence-corrected chi connectivity index (χ2v) is 4.91. The Morgan fingerprint density at radius 2 is 2.16 bits per heavy atom. The Morgan fingerprint density at radius 3 is 2.89 bits per heavy atom. The Kier molecular flexibility index (Phi) is 4.52. The first-order valence-electron chi connectivity index (χ1n) is 5.85. The molecule has 2 rings (SSSR count). The lowest BCUT2D eigenvalue weighted by Crippen LogP contribution is -2.22. The van der Waals surface area contributed by atoms with Crippen LogP contribution in [-0.4, -0.2) is 17.9 Å². The van der Waals surface area contributed by atoms with Gasteiger partial charge in [-0.15, -0.1) is 0 Å². The van der Waals surface area contributed by atoms with Crippen LogP contribution in [0.3, 0.4) is 0 Å². The maximum atomic E-state index is 12.0. The number of nitrogens with zero attached hydrogens (tertiary/aromatic N) is 1. The van der Waals surface area contributed by atoms with Crippen LogP contribution in [0.5, 0.6) is 0 Å². The summed E-state index contributed by atoms with van der Waals surface area (Å²) in [5.74, 6) is 0.564. The highest BCUT2D eigenvalue weighted by Crippen LogP contribution is 2.12. The zero-order chi connectivity index (χ0) is 13.7. The van der Waals surface area contributed by atoms with Gasteiger partial charge in [-0.2, -0.15) is 0 Å². The summed E-state index contributed by atoms with van der Waals surface area (Å²) in [6.45, 7) is 0.496. The van der Waals surface area contributed by atoms with Crippen LogP contribution in [0, 0.1) is 0 Å². The maximum Gasteiger partial charge on any atom is 0.251 e. The van der Waals surface area contributed by atoms with Crippen molar-refractivity contribution < 1.29 is 4.79 Å². The summed E-state index contributed by atoms with van der Waals surface area (Å²) in [4.78, 5) is 16.1. The number of carbonyl (C=O) groups is 1. The van der Waals surface area contributed by atoms with E-state index in [1.54, 1.807) is 25.4 Å². The zero-order valence-corrected chi connectivity index (χ0v) is 12.1. The Bertz CT molecular complexity index is 586. The quantitative estimate of drug-likeness (QED) is 0.911. The Balaban J connectivity index is 2.01. The van der Waals surface area contributed by atoms with E-state index in [1.807, 2.05) is 24.3 Å². The summed E-state index contributed by atoms with van der Waals surface area (Å²) in [6.07, 6.45) is 1.61. The van der Waals surface area contributed by atoms with E-state index in [4.69, 9.17) is 0 Å². The molecular weight excluding hydrogens is 306 g/mol. The summed E-state index contributed by atoms with van der Waals surface area (Å²) in [7, 11) is 1.77. The number of hydrogen-bond donors (Lipinski definition) is 2. The van der Waals surface area contributed by atoms with Crippen LogP contribution in [-0.2, 0) is 6.54 Å². The number of pyridine rings is 1. The summed E-state index contributed by atoms with van der Waals surface area (Å²) < 4.78 is 1.00. The SMILES string of the molecule is CNc1cc(C(=O)NCc2cccc(Br)c2)ccn1. The van der Waals surface area contributed by atoms with Crippen molar-refractivity contribution in [2.75, 3.05) is 12.4 Å². The number of anilines is 1. The van der Waals surface area contributed by atoms with Gasteiger partial charge < -0.3 is 10.6 Å². The van der Waals surface area contributed by atoms with Crippen LogP contribution in [0.2, 0.25) is 0 Å². The zero-order valence-electron chi connectivity index (χ0n) is 10.5. The third-order valence-electron chi connectivity index (χ3n) is 2.62. The molecule has 0 saturated heterocycles. The van der Waals surface area contributed by atoms with E-state index in [-0.39, 0.29) is 5.91 Å². The van der Waals surface area contributed by atoms with E-state index in [0.717, 1.165) is 10.0 Å². The number of aromatic nitrogens is 1. The fourth-order valence-electron chi connectivity index (χ4n) is 1.64. The van der Waals surface area contributed by atoms with Crippen molar-refractivity contribution in [2.24, 2.45) is 0 Å². The van der Waals surface area contributed by atoms with Gasteiger partial charge in [0, 0.05) is 29.8 Å². The first-order valence-corrected chi connectivity index (χ1v) is 6.65. The van der Waals surface area contributed by atoms with Gasteiger partial charge in [0.1, 0.15) is 5.82 Å². The average molecular weight is 320 g/mol. The Labute approximate surface area is 120 Å². The molecular formula is C14H14BrN3O. The fraction of sp³-hybridized carbons (Fsp3) is 0.143. The van der Waals surface area contributed by atoms with Crippen molar-refractivity contribution >= 4 is 27.7 Å². The first kappa shape index (κ1) is 13.5. The van der Waals surface area contributed by atoms with Gasteiger partial charge in [-0.25, -0.2) is 4.98 Å². The number of carbonyl (C=O) groups excluding carboxylic acids is 1. The minimum Gasteiger partial charge on any atom is -0.373 e. The van der Waals surface area contributed by atoms with Crippen molar-refractivity contribution in [3.05, 3.63) is 58.2 Å². The minimum atomic E-state index is -0.112. The maximum absolute atomic E-state index is 12.0. The molecule has 5 heteroatoms. The molecule has 4 nitrogen and oxygen atoms in total. The molecule has 2 N–H and O–H groups in total. The van der Waals surface area contributed by atoms with E-state index >= 15 is 0 Å². The molecule has 0 aliphatic heterocycles. The second-order valence-electron chi connectivity index (χ2n) is 3.99. The number of amides is 1. The van der Waals surface area contributed by atoms with Gasteiger partial charge in [0.15, 0.2) is 0 Å². The van der Waals surface area contributed by atoms with Crippen LogP contribution < -0.4 is 10.6 Å². The van der Waals surface area contributed by atoms with Gasteiger partial charge in [0.25, 0.3) is 5.91 Å². The Morgan fingerprint density at radius 1 is 1.32 bits per heavy atom. The molecule has 0 unspecified atom stereocenters. The molecule has 2 aromatic rings. The Hall–Kier alpha value is -1.88. The van der Waals surface area contributed by atoms with Crippen LogP contribution in [0.4, 0.5) is 5.82 Å². The van der Waals surface area contributed by atoms with E-state index in [2.05, 4.69) is 31.5 Å². The van der Waals surface area contributed by atoms with Gasteiger partial charge in [-0.3, -0.25) is 4.79 Å². The number of rotatable bonds is 4.